The van der Waals surface area contributed by atoms with Crippen LogP contribution in [0.1, 0.15) is 19.8 Å². The summed E-state index contributed by atoms with van der Waals surface area (Å²) in [6, 6.07) is 4.80. The highest BCUT2D eigenvalue weighted by Gasteiger charge is 2.05. The lowest BCUT2D eigenvalue weighted by Crippen LogP contribution is -2.24. The second-order valence-corrected chi connectivity index (χ2v) is 4.34. The zero-order valence-electron chi connectivity index (χ0n) is 9.95. The van der Waals surface area contributed by atoms with Gasteiger partial charge in [-0.3, -0.25) is 4.79 Å². The van der Waals surface area contributed by atoms with Gasteiger partial charge in [0.2, 0.25) is 0 Å². The zero-order chi connectivity index (χ0) is 13.4. The molecular formula is C12H14Cl2N2O2. The molecule has 6 heteroatoms. The Hall–Kier alpha value is -1.26. The van der Waals surface area contributed by atoms with Gasteiger partial charge in [-0.15, -0.1) is 0 Å². The Morgan fingerprint density at radius 3 is 2.94 bits per heavy atom. The molecule has 18 heavy (non-hydrogen) atoms. The van der Waals surface area contributed by atoms with Gasteiger partial charge in [-0.25, -0.2) is 5.43 Å². The first kappa shape index (κ1) is 14.8. The summed E-state index contributed by atoms with van der Waals surface area (Å²) in [6.45, 7) is 1.88. The molecule has 1 aromatic carbocycles. The Morgan fingerprint density at radius 1 is 1.50 bits per heavy atom. The number of ether oxygens (including phenoxy) is 1. The van der Waals surface area contributed by atoms with Gasteiger partial charge in [0.25, 0.3) is 5.91 Å². The number of hydrogen-bond donors (Lipinski definition) is 1. The van der Waals surface area contributed by atoms with E-state index in [9.17, 15) is 4.79 Å². The van der Waals surface area contributed by atoms with E-state index >= 15 is 0 Å². The molecular weight excluding hydrogens is 275 g/mol. The smallest absolute Gasteiger partial charge is 0.277 e. The van der Waals surface area contributed by atoms with Gasteiger partial charge >= 0.3 is 0 Å². The van der Waals surface area contributed by atoms with Crippen LogP contribution in [0.4, 0.5) is 0 Å². The van der Waals surface area contributed by atoms with Gasteiger partial charge in [0.1, 0.15) is 5.75 Å². The molecule has 0 spiro atoms. The van der Waals surface area contributed by atoms with Crippen molar-refractivity contribution in [3.63, 3.8) is 0 Å². The highest BCUT2D eigenvalue weighted by atomic mass is 35.5. The fourth-order valence-corrected chi connectivity index (χ4v) is 1.54. The first-order valence-corrected chi connectivity index (χ1v) is 6.27. The van der Waals surface area contributed by atoms with Crippen LogP contribution in [0.3, 0.4) is 0 Å². The molecule has 0 fully saturated rings. The summed E-state index contributed by atoms with van der Waals surface area (Å²) in [6.07, 6.45) is 3.45. The van der Waals surface area contributed by atoms with Crippen LogP contribution in [0.5, 0.6) is 5.75 Å². The van der Waals surface area contributed by atoms with E-state index in [1.165, 1.54) is 0 Å². The summed E-state index contributed by atoms with van der Waals surface area (Å²) in [7, 11) is 0. The van der Waals surface area contributed by atoms with Crippen LogP contribution in [-0.4, -0.2) is 18.7 Å². The summed E-state index contributed by atoms with van der Waals surface area (Å²) in [4.78, 5) is 11.3. The van der Waals surface area contributed by atoms with E-state index in [0.29, 0.717) is 15.8 Å². The van der Waals surface area contributed by atoms with E-state index in [1.54, 1.807) is 24.4 Å². The molecule has 0 bridgehead atoms. The number of benzene rings is 1. The molecule has 0 aliphatic carbocycles. The number of nitrogens with one attached hydrogen (secondary N) is 1. The van der Waals surface area contributed by atoms with E-state index in [-0.39, 0.29) is 12.5 Å². The Bertz CT molecular complexity index is 436. The van der Waals surface area contributed by atoms with Crippen LogP contribution in [-0.2, 0) is 4.79 Å². The minimum atomic E-state index is -0.339. The molecule has 0 saturated heterocycles. The Balaban J connectivity index is 2.38. The predicted molar refractivity (Wildman–Crippen MR) is 73.5 cm³/mol. The lowest BCUT2D eigenvalue weighted by molar-refractivity contribution is -0.123. The molecule has 0 aliphatic rings. The van der Waals surface area contributed by atoms with E-state index in [2.05, 4.69) is 10.5 Å². The molecule has 0 radical (unpaired) electrons. The van der Waals surface area contributed by atoms with Crippen molar-refractivity contribution in [3.05, 3.63) is 28.2 Å². The molecule has 1 amide bonds. The lowest BCUT2D eigenvalue weighted by Gasteiger charge is -2.06. The Labute approximate surface area is 116 Å². The second-order valence-electron chi connectivity index (χ2n) is 3.50. The van der Waals surface area contributed by atoms with Crippen LogP contribution >= 0.6 is 23.2 Å². The fraction of sp³-hybridized carbons (Fsp3) is 0.333. The number of hydrogen-bond acceptors (Lipinski definition) is 3. The molecule has 0 atom stereocenters. The third kappa shape index (κ3) is 5.38. The van der Waals surface area contributed by atoms with Crippen molar-refractivity contribution < 1.29 is 9.53 Å². The maximum absolute atomic E-state index is 11.3. The minimum Gasteiger partial charge on any atom is -0.482 e. The number of unbranched alkanes of at least 4 members (excludes halogenated alkanes) is 1. The Kier molecular flexibility index (Phi) is 6.54. The topological polar surface area (TPSA) is 50.7 Å². The molecule has 0 unspecified atom stereocenters. The largest absolute Gasteiger partial charge is 0.482 e. The molecule has 1 rings (SSSR count). The molecule has 0 aliphatic heterocycles. The predicted octanol–water partition coefficient (Wildman–Crippen LogP) is 3.27. The maximum Gasteiger partial charge on any atom is 0.277 e. The van der Waals surface area contributed by atoms with Gasteiger partial charge in [0.05, 0.1) is 5.02 Å². The van der Waals surface area contributed by atoms with E-state index in [1.807, 2.05) is 6.92 Å². The molecule has 1 aromatic rings. The second kappa shape index (κ2) is 7.95. The van der Waals surface area contributed by atoms with Crippen molar-refractivity contribution in [3.8, 4) is 5.75 Å². The number of hydrazone groups is 1. The lowest BCUT2D eigenvalue weighted by atomic mass is 10.3. The highest BCUT2D eigenvalue weighted by molar-refractivity contribution is 6.35. The van der Waals surface area contributed by atoms with Gasteiger partial charge in [-0.2, -0.15) is 5.10 Å². The average Bonchev–Trinajstić information content (AvgIpc) is 2.33. The standard InChI is InChI=1S/C12H14Cl2N2O2/c1-2-3-6-15-16-12(17)8-18-11-5-4-9(13)7-10(11)14/h4-7H,2-3,8H2,1H3,(H,16,17)/b15-6+. The minimum absolute atomic E-state index is 0.148. The van der Waals surface area contributed by atoms with Crippen LogP contribution in [0.25, 0.3) is 0 Å². The first-order chi connectivity index (χ1) is 8.63. The van der Waals surface area contributed by atoms with Gasteiger partial charge in [-0.05, 0) is 24.6 Å². The number of halogens is 2. The van der Waals surface area contributed by atoms with Crippen LogP contribution < -0.4 is 10.2 Å². The highest BCUT2D eigenvalue weighted by Crippen LogP contribution is 2.27. The third-order valence-electron chi connectivity index (χ3n) is 1.95. The molecule has 0 saturated carbocycles. The number of rotatable bonds is 6. The average molecular weight is 289 g/mol. The first-order valence-electron chi connectivity index (χ1n) is 5.51. The fourth-order valence-electron chi connectivity index (χ4n) is 1.08. The number of carbonyl (C=O) groups excluding carboxylic acids is 1. The summed E-state index contributed by atoms with van der Waals surface area (Å²) in [5.41, 5.74) is 2.35. The monoisotopic (exact) mass is 288 g/mol. The normalized spacial score (nSPS) is 10.6. The van der Waals surface area contributed by atoms with E-state index < -0.39 is 0 Å². The number of nitrogens with zero attached hydrogens (tertiary/aromatic N) is 1. The molecule has 98 valence electrons. The molecule has 4 nitrogen and oxygen atoms in total. The summed E-state index contributed by atoms with van der Waals surface area (Å²) >= 11 is 11.6. The molecule has 0 heterocycles. The summed E-state index contributed by atoms with van der Waals surface area (Å²) in [5.74, 6) is 0.0714. The van der Waals surface area contributed by atoms with Crippen LogP contribution in [0, 0.1) is 0 Å². The quantitative estimate of drug-likeness (QED) is 0.645. The van der Waals surface area contributed by atoms with Crippen molar-refractivity contribution in [2.24, 2.45) is 5.10 Å². The van der Waals surface area contributed by atoms with Gasteiger partial charge in [0.15, 0.2) is 6.61 Å². The summed E-state index contributed by atoms with van der Waals surface area (Å²) in [5, 5.41) is 4.63. The molecule has 0 aromatic heterocycles. The van der Waals surface area contributed by atoms with Crippen molar-refractivity contribution in [2.45, 2.75) is 19.8 Å². The van der Waals surface area contributed by atoms with Crippen molar-refractivity contribution in [2.75, 3.05) is 6.61 Å². The van der Waals surface area contributed by atoms with Crippen molar-refractivity contribution in [1.29, 1.82) is 0 Å². The van der Waals surface area contributed by atoms with Crippen molar-refractivity contribution in [1.82, 2.24) is 5.43 Å². The van der Waals surface area contributed by atoms with Crippen LogP contribution in [0.15, 0.2) is 23.3 Å². The number of amides is 1. The van der Waals surface area contributed by atoms with Gasteiger partial charge < -0.3 is 4.74 Å². The van der Waals surface area contributed by atoms with Gasteiger partial charge in [0, 0.05) is 11.2 Å². The maximum atomic E-state index is 11.3. The molecule has 1 N–H and O–H groups in total. The van der Waals surface area contributed by atoms with E-state index in [0.717, 1.165) is 12.8 Å². The Morgan fingerprint density at radius 2 is 2.28 bits per heavy atom. The SMILES string of the molecule is CCC/C=N/NC(=O)COc1ccc(Cl)cc1Cl. The zero-order valence-corrected chi connectivity index (χ0v) is 11.5. The third-order valence-corrected chi connectivity index (χ3v) is 2.48. The summed E-state index contributed by atoms with van der Waals surface area (Å²) < 4.78 is 5.23. The number of carbonyl (C=O) groups is 1. The van der Waals surface area contributed by atoms with E-state index in [4.69, 9.17) is 27.9 Å². The van der Waals surface area contributed by atoms with Gasteiger partial charge in [-0.1, -0.05) is 36.5 Å². The van der Waals surface area contributed by atoms with Crippen LogP contribution in [0.2, 0.25) is 10.0 Å². The van der Waals surface area contributed by atoms with Crippen molar-refractivity contribution >= 4 is 35.3 Å².